The molecule has 1 aliphatic heterocycles. The maximum Gasteiger partial charge on any atom is 0.0635 e. The van der Waals surface area contributed by atoms with Crippen molar-refractivity contribution in [3.63, 3.8) is 0 Å². The number of nitrogens with zero attached hydrogens (tertiary/aromatic N) is 1. The van der Waals surface area contributed by atoms with Crippen molar-refractivity contribution >= 4 is 17.5 Å². The summed E-state index contributed by atoms with van der Waals surface area (Å²) >= 11 is 0. The van der Waals surface area contributed by atoms with E-state index in [4.69, 9.17) is 0 Å². The zero-order valence-electron chi connectivity index (χ0n) is 13.7. The SMILES string of the molecule is Cc1ccc(N2c3ccccc3C3c4ccccc4C=CC32)cc1. The Bertz CT molecular complexity index is 936. The summed E-state index contributed by atoms with van der Waals surface area (Å²) < 4.78 is 0. The Hall–Kier alpha value is -2.80. The molecule has 0 saturated carbocycles. The third-order valence-electron chi connectivity index (χ3n) is 5.29. The third kappa shape index (κ3) is 1.88. The van der Waals surface area contributed by atoms with Gasteiger partial charge in [-0.3, -0.25) is 0 Å². The molecule has 3 aromatic carbocycles. The summed E-state index contributed by atoms with van der Waals surface area (Å²) in [6.45, 7) is 2.14. The molecule has 2 unspecified atom stereocenters. The molecule has 0 amide bonds. The number of fused-ring (bicyclic) bond motifs is 5. The van der Waals surface area contributed by atoms with Gasteiger partial charge in [-0.05, 0) is 41.8 Å². The Labute approximate surface area is 142 Å². The van der Waals surface area contributed by atoms with Crippen molar-refractivity contribution in [3.05, 3.63) is 101 Å². The lowest BCUT2D eigenvalue weighted by atomic mass is 9.81. The summed E-state index contributed by atoms with van der Waals surface area (Å²) in [6, 6.07) is 26.9. The summed E-state index contributed by atoms with van der Waals surface area (Å²) in [5.74, 6) is 0.406. The number of anilines is 2. The Morgan fingerprint density at radius 2 is 1.46 bits per heavy atom. The average Bonchev–Trinajstić information content (AvgIpc) is 2.97. The largest absolute Gasteiger partial charge is 0.333 e. The molecule has 0 aromatic heterocycles. The predicted molar refractivity (Wildman–Crippen MR) is 101 cm³/mol. The van der Waals surface area contributed by atoms with E-state index >= 15 is 0 Å². The van der Waals surface area contributed by atoms with Crippen LogP contribution < -0.4 is 4.90 Å². The smallest absolute Gasteiger partial charge is 0.0635 e. The molecule has 5 rings (SSSR count). The van der Waals surface area contributed by atoms with Crippen molar-refractivity contribution in [3.8, 4) is 0 Å². The van der Waals surface area contributed by atoms with Crippen molar-refractivity contribution in [1.82, 2.24) is 0 Å². The van der Waals surface area contributed by atoms with Crippen molar-refractivity contribution in [1.29, 1.82) is 0 Å². The molecule has 2 aliphatic rings. The molecule has 24 heavy (non-hydrogen) atoms. The monoisotopic (exact) mass is 309 g/mol. The first-order valence-electron chi connectivity index (χ1n) is 8.55. The number of para-hydroxylation sites is 1. The normalized spacial score (nSPS) is 20.5. The van der Waals surface area contributed by atoms with Crippen LogP contribution in [-0.4, -0.2) is 6.04 Å². The van der Waals surface area contributed by atoms with Crippen LogP contribution in [0.15, 0.2) is 78.9 Å². The molecular formula is C23H19N. The van der Waals surface area contributed by atoms with Crippen molar-refractivity contribution in [2.24, 2.45) is 0 Å². The molecule has 0 radical (unpaired) electrons. The number of hydrogen-bond donors (Lipinski definition) is 0. The highest BCUT2D eigenvalue weighted by atomic mass is 15.2. The Morgan fingerprint density at radius 1 is 0.750 bits per heavy atom. The van der Waals surface area contributed by atoms with Crippen LogP contribution in [0.4, 0.5) is 11.4 Å². The molecule has 1 heterocycles. The van der Waals surface area contributed by atoms with Crippen LogP contribution in [0.25, 0.3) is 6.08 Å². The molecule has 0 N–H and O–H groups in total. The fourth-order valence-electron chi connectivity index (χ4n) is 4.18. The summed E-state index contributed by atoms with van der Waals surface area (Å²) in [5, 5.41) is 0. The second-order valence-electron chi connectivity index (χ2n) is 6.72. The van der Waals surface area contributed by atoms with Crippen LogP contribution in [-0.2, 0) is 0 Å². The van der Waals surface area contributed by atoms with Crippen LogP contribution in [0.3, 0.4) is 0 Å². The van der Waals surface area contributed by atoms with Gasteiger partial charge in [-0.25, -0.2) is 0 Å². The molecule has 1 nitrogen and oxygen atoms in total. The maximum absolute atomic E-state index is 2.49. The molecule has 3 aromatic rings. The molecular weight excluding hydrogens is 290 g/mol. The maximum atomic E-state index is 2.49. The van der Waals surface area contributed by atoms with Crippen molar-refractivity contribution in [2.75, 3.05) is 4.90 Å². The molecule has 1 aliphatic carbocycles. The average molecular weight is 309 g/mol. The summed E-state index contributed by atoms with van der Waals surface area (Å²) in [5.41, 5.74) is 8.11. The van der Waals surface area contributed by atoms with Crippen LogP contribution in [0, 0.1) is 6.92 Å². The van der Waals surface area contributed by atoms with Crippen LogP contribution >= 0.6 is 0 Å². The fourth-order valence-corrected chi connectivity index (χ4v) is 4.18. The third-order valence-corrected chi connectivity index (χ3v) is 5.29. The first-order valence-corrected chi connectivity index (χ1v) is 8.55. The first-order chi connectivity index (χ1) is 11.8. The lowest BCUT2D eigenvalue weighted by molar-refractivity contribution is 0.724. The quantitative estimate of drug-likeness (QED) is 0.559. The Balaban J connectivity index is 1.73. The van der Waals surface area contributed by atoms with E-state index in [2.05, 4.69) is 96.8 Å². The molecule has 0 fully saturated rings. The van der Waals surface area contributed by atoms with E-state index < -0.39 is 0 Å². The minimum atomic E-state index is 0.347. The number of hydrogen-bond acceptors (Lipinski definition) is 1. The summed E-state index contributed by atoms with van der Waals surface area (Å²) in [4.78, 5) is 2.49. The number of aryl methyl sites for hydroxylation is 1. The predicted octanol–water partition coefficient (Wildman–Crippen LogP) is 5.67. The van der Waals surface area contributed by atoms with E-state index in [1.165, 1.54) is 33.6 Å². The molecule has 1 heteroatoms. The van der Waals surface area contributed by atoms with Gasteiger partial charge in [-0.15, -0.1) is 0 Å². The van der Waals surface area contributed by atoms with E-state index in [1.807, 2.05) is 0 Å². The van der Waals surface area contributed by atoms with E-state index in [1.54, 1.807) is 0 Å². The summed E-state index contributed by atoms with van der Waals surface area (Å²) in [6.07, 6.45) is 4.65. The van der Waals surface area contributed by atoms with Crippen molar-refractivity contribution in [2.45, 2.75) is 18.9 Å². The van der Waals surface area contributed by atoms with E-state index in [0.29, 0.717) is 12.0 Å². The lowest BCUT2D eigenvalue weighted by Gasteiger charge is -2.31. The van der Waals surface area contributed by atoms with Gasteiger partial charge < -0.3 is 4.90 Å². The van der Waals surface area contributed by atoms with Crippen LogP contribution in [0.1, 0.15) is 28.2 Å². The minimum Gasteiger partial charge on any atom is -0.333 e. The first kappa shape index (κ1) is 13.6. The fraction of sp³-hybridized carbons (Fsp3) is 0.130. The highest BCUT2D eigenvalue weighted by Crippen LogP contribution is 2.51. The van der Waals surface area contributed by atoms with Gasteiger partial charge in [0.05, 0.1) is 6.04 Å². The van der Waals surface area contributed by atoms with E-state index in [-0.39, 0.29) is 0 Å². The number of rotatable bonds is 1. The van der Waals surface area contributed by atoms with E-state index in [9.17, 15) is 0 Å². The molecule has 2 atom stereocenters. The van der Waals surface area contributed by atoms with Gasteiger partial charge in [0.1, 0.15) is 0 Å². The highest BCUT2D eigenvalue weighted by Gasteiger charge is 2.40. The molecule has 0 bridgehead atoms. The topological polar surface area (TPSA) is 3.24 Å². The Kier molecular flexibility index (Phi) is 2.90. The van der Waals surface area contributed by atoms with Gasteiger partial charge >= 0.3 is 0 Å². The summed E-state index contributed by atoms with van der Waals surface area (Å²) in [7, 11) is 0. The molecule has 116 valence electrons. The number of benzene rings is 3. The Morgan fingerprint density at radius 3 is 2.29 bits per heavy atom. The molecule has 0 saturated heterocycles. The van der Waals surface area contributed by atoms with Gasteiger partial charge in [0, 0.05) is 17.3 Å². The van der Waals surface area contributed by atoms with Crippen LogP contribution in [0.5, 0.6) is 0 Å². The molecule has 0 spiro atoms. The second kappa shape index (κ2) is 5.10. The minimum absolute atomic E-state index is 0.347. The highest BCUT2D eigenvalue weighted by molar-refractivity contribution is 5.79. The van der Waals surface area contributed by atoms with Gasteiger partial charge in [0.15, 0.2) is 0 Å². The van der Waals surface area contributed by atoms with Gasteiger partial charge in [0.25, 0.3) is 0 Å². The van der Waals surface area contributed by atoms with Gasteiger partial charge in [0.2, 0.25) is 0 Å². The lowest BCUT2D eigenvalue weighted by Crippen LogP contribution is -2.30. The van der Waals surface area contributed by atoms with Gasteiger partial charge in [-0.2, -0.15) is 0 Å². The van der Waals surface area contributed by atoms with Crippen molar-refractivity contribution < 1.29 is 0 Å². The second-order valence-corrected chi connectivity index (χ2v) is 6.72. The van der Waals surface area contributed by atoms with Crippen LogP contribution in [0.2, 0.25) is 0 Å². The zero-order valence-corrected chi connectivity index (χ0v) is 13.7. The zero-order chi connectivity index (χ0) is 16.1. The van der Waals surface area contributed by atoms with E-state index in [0.717, 1.165) is 0 Å². The van der Waals surface area contributed by atoms with Gasteiger partial charge in [-0.1, -0.05) is 72.3 Å². The standard InChI is InChI=1S/C23H19N/c1-16-10-13-18(14-11-16)24-21-9-5-4-8-20(21)23-19-7-3-2-6-17(19)12-15-22(23)24/h2-15,22-23H,1H3.